The van der Waals surface area contributed by atoms with Crippen molar-refractivity contribution in [3.63, 3.8) is 0 Å². The monoisotopic (exact) mass is 347 g/mol. The Balaban J connectivity index is 1.65. The first-order chi connectivity index (χ1) is 12.6. The molecule has 0 bridgehead atoms. The predicted octanol–water partition coefficient (Wildman–Crippen LogP) is 4.10. The number of amides is 1. The van der Waals surface area contributed by atoms with Gasteiger partial charge < -0.3 is 16.0 Å². The van der Waals surface area contributed by atoms with Crippen LogP contribution >= 0.6 is 0 Å². The molecule has 0 atom stereocenters. The predicted molar refractivity (Wildman–Crippen MR) is 105 cm³/mol. The zero-order chi connectivity index (χ0) is 18.4. The molecule has 3 N–H and O–H groups in total. The van der Waals surface area contributed by atoms with E-state index in [0.29, 0.717) is 12.4 Å². The molecule has 26 heavy (non-hydrogen) atoms. The summed E-state index contributed by atoms with van der Waals surface area (Å²) >= 11 is 0. The van der Waals surface area contributed by atoms with E-state index in [4.69, 9.17) is 0 Å². The summed E-state index contributed by atoms with van der Waals surface area (Å²) < 4.78 is 0. The molecule has 6 nitrogen and oxygen atoms in total. The number of benzene rings is 2. The van der Waals surface area contributed by atoms with Gasteiger partial charge in [0.25, 0.3) is 0 Å². The standard InChI is InChI=1S/C20H21N5O/c1-14-6-8-16(9-7-14)12-21-19-11-20(23-13-22-19)25-18-5-3-4-17(10-18)24-15(2)26/h3-11,13H,12H2,1-2H3,(H,24,26)(H2,21,22,23,25). The number of carbonyl (C=O) groups excluding carboxylic acids is 1. The molecule has 0 fully saturated rings. The van der Waals surface area contributed by atoms with Crippen LogP contribution in [0.5, 0.6) is 0 Å². The molecule has 3 aromatic rings. The summed E-state index contributed by atoms with van der Waals surface area (Å²) in [5.74, 6) is 1.30. The van der Waals surface area contributed by atoms with Crippen molar-refractivity contribution in [1.82, 2.24) is 9.97 Å². The molecular weight excluding hydrogens is 326 g/mol. The molecule has 0 saturated carbocycles. The van der Waals surface area contributed by atoms with E-state index in [1.807, 2.05) is 30.3 Å². The Bertz CT molecular complexity index is 893. The molecule has 0 spiro atoms. The zero-order valence-electron chi connectivity index (χ0n) is 14.8. The van der Waals surface area contributed by atoms with Crippen LogP contribution in [0.2, 0.25) is 0 Å². The van der Waals surface area contributed by atoms with Crippen LogP contribution in [0.25, 0.3) is 0 Å². The largest absolute Gasteiger partial charge is 0.366 e. The van der Waals surface area contributed by atoms with E-state index in [-0.39, 0.29) is 5.91 Å². The third-order valence-electron chi connectivity index (χ3n) is 3.72. The van der Waals surface area contributed by atoms with Crippen molar-refractivity contribution in [3.05, 3.63) is 72.1 Å². The summed E-state index contributed by atoms with van der Waals surface area (Å²) in [4.78, 5) is 19.7. The first-order valence-corrected chi connectivity index (χ1v) is 8.34. The maximum absolute atomic E-state index is 11.2. The van der Waals surface area contributed by atoms with Crippen LogP contribution in [-0.4, -0.2) is 15.9 Å². The third kappa shape index (κ3) is 5.04. The second-order valence-corrected chi connectivity index (χ2v) is 6.01. The number of anilines is 4. The average Bonchev–Trinajstić information content (AvgIpc) is 2.61. The zero-order valence-corrected chi connectivity index (χ0v) is 14.8. The topological polar surface area (TPSA) is 78.9 Å². The molecule has 0 unspecified atom stereocenters. The first-order valence-electron chi connectivity index (χ1n) is 8.34. The summed E-state index contributed by atoms with van der Waals surface area (Å²) in [5, 5.41) is 9.28. The second-order valence-electron chi connectivity index (χ2n) is 6.01. The molecule has 3 rings (SSSR count). The summed E-state index contributed by atoms with van der Waals surface area (Å²) in [6.07, 6.45) is 1.51. The fourth-order valence-corrected chi connectivity index (χ4v) is 2.45. The van der Waals surface area contributed by atoms with Crippen LogP contribution in [0, 0.1) is 6.92 Å². The molecule has 0 aliphatic heterocycles. The van der Waals surface area contributed by atoms with Gasteiger partial charge in [-0.25, -0.2) is 9.97 Å². The van der Waals surface area contributed by atoms with Crippen molar-refractivity contribution in [2.75, 3.05) is 16.0 Å². The number of hydrogen-bond acceptors (Lipinski definition) is 5. The SMILES string of the molecule is CC(=O)Nc1cccc(Nc2cc(NCc3ccc(C)cc3)ncn2)c1. The van der Waals surface area contributed by atoms with Gasteiger partial charge in [0.2, 0.25) is 5.91 Å². The Kier molecular flexibility index (Phi) is 5.43. The van der Waals surface area contributed by atoms with Crippen molar-refractivity contribution in [2.45, 2.75) is 20.4 Å². The van der Waals surface area contributed by atoms with Crippen LogP contribution < -0.4 is 16.0 Å². The van der Waals surface area contributed by atoms with Crippen LogP contribution in [-0.2, 0) is 11.3 Å². The van der Waals surface area contributed by atoms with Gasteiger partial charge in [0.15, 0.2) is 0 Å². The van der Waals surface area contributed by atoms with Crippen molar-refractivity contribution in [3.8, 4) is 0 Å². The highest BCUT2D eigenvalue weighted by molar-refractivity contribution is 5.89. The van der Waals surface area contributed by atoms with Gasteiger partial charge in [-0.2, -0.15) is 0 Å². The van der Waals surface area contributed by atoms with Crippen LogP contribution in [0.4, 0.5) is 23.0 Å². The number of hydrogen-bond donors (Lipinski definition) is 3. The van der Waals surface area contributed by atoms with E-state index in [9.17, 15) is 4.79 Å². The molecule has 132 valence electrons. The number of nitrogens with one attached hydrogen (secondary N) is 3. The lowest BCUT2D eigenvalue weighted by Gasteiger charge is -2.10. The van der Waals surface area contributed by atoms with Gasteiger partial charge in [0.05, 0.1) is 0 Å². The number of nitrogens with zero attached hydrogens (tertiary/aromatic N) is 2. The maximum Gasteiger partial charge on any atom is 0.221 e. The first kappa shape index (κ1) is 17.4. The van der Waals surface area contributed by atoms with Gasteiger partial charge in [-0.3, -0.25) is 4.79 Å². The molecule has 1 heterocycles. The molecule has 6 heteroatoms. The number of aryl methyl sites for hydroxylation is 1. The molecule has 0 aliphatic rings. The van der Waals surface area contributed by atoms with E-state index in [0.717, 1.165) is 17.2 Å². The third-order valence-corrected chi connectivity index (χ3v) is 3.72. The Morgan fingerprint density at radius 2 is 1.69 bits per heavy atom. The quantitative estimate of drug-likeness (QED) is 0.626. The van der Waals surface area contributed by atoms with E-state index >= 15 is 0 Å². The highest BCUT2D eigenvalue weighted by atomic mass is 16.1. The fourth-order valence-electron chi connectivity index (χ4n) is 2.45. The van der Waals surface area contributed by atoms with Crippen molar-refractivity contribution in [2.24, 2.45) is 0 Å². The Hall–Kier alpha value is -3.41. The van der Waals surface area contributed by atoms with Crippen molar-refractivity contribution < 1.29 is 4.79 Å². The summed E-state index contributed by atoms with van der Waals surface area (Å²) in [7, 11) is 0. The minimum atomic E-state index is -0.105. The van der Waals surface area contributed by atoms with Gasteiger partial charge in [-0.05, 0) is 30.7 Å². The molecule has 1 amide bonds. The van der Waals surface area contributed by atoms with Gasteiger partial charge in [-0.15, -0.1) is 0 Å². The second kappa shape index (κ2) is 8.11. The normalized spacial score (nSPS) is 10.2. The Labute approximate surface area is 152 Å². The molecule has 2 aromatic carbocycles. The molecule has 0 radical (unpaired) electrons. The molecular formula is C20H21N5O. The lowest BCUT2D eigenvalue weighted by molar-refractivity contribution is -0.114. The van der Waals surface area contributed by atoms with E-state index in [2.05, 4.69) is 57.1 Å². The summed E-state index contributed by atoms with van der Waals surface area (Å²) in [6.45, 7) is 4.24. The molecule has 0 aliphatic carbocycles. The average molecular weight is 347 g/mol. The highest BCUT2D eigenvalue weighted by Gasteiger charge is 2.02. The minimum absolute atomic E-state index is 0.105. The number of rotatable bonds is 6. The van der Waals surface area contributed by atoms with Gasteiger partial charge in [-0.1, -0.05) is 35.9 Å². The maximum atomic E-state index is 11.2. The molecule has 0 saturated heterocycles. The van der Waals surface area contributed by atoms with Crippen molar-refractivity contribution in [1.29, 1.82) is 0 Å². The van der Waals surface area contributed by atoms with E-state index < -0.39 is 0 Å². The molecule has 1 aromatic heterocycles. The van der Waals surface area contributed by atoms with Crippen LogP contribution in [0.1, 0.15) is 18.1 Å². The summed E-state index contributed by atoms with van der Waals surface area (Å²) in [5.41, 5.74) is 3.99. The van der Waals surface area contributed by atoms with Gasteiger partial charge >= 0.3 is 0 Å². The summed E-state index contributed by atoms with van der Waals surface area (Å²) in [6, 6.07) is 17.7. The number of aromatic nitrogens is 2. The Morgan fingerprint density at radius 3 is 2.46 bits per heavy atom. The Morgan fingerprint density at radius 1 is 0.962 bits per heavy atom. The van der Waals surface area contributed by atoms with E-state index in [1.54, 1.807) is 0 Å². The minimum Gasteiger partial charge on any atom is -0.366 e. The lowest BCUT2D eigenvalue weighted by Crippen LogP contribution is -2.06. The van der Waals surface area contributed by atoms with Gasteiger partial charge in [0, 0.05) is 30.9 Å². The van der Waals surface area contributed by atoms with Crippen LogP contribution in [0.3, 0.4) is 0 Å². The van der Waals surface area contributed by atoms with Crippen LogP contribution in [0.15, 0.2) is 60.9 Å². The van der Waals surface area contributed by atoms with Gasteiger partial charge in [0.1, 0.15) is 18.0 Å². The lowest BCUT2D eigenvalue weighted by atomic mass is 10.1. The smallest absolute Gasteiger partial charge is 0.221 e. The van der Waals surface area contributed by atoms with Crippen molar-refractivity contribution >= 4 is 28.9 Å². The highest BCUT2D eigenvalue weighted by Crippen LogP contribution is 2.20. The number of carbonyl (C=O) groups is 1. The van der Waals surface area contributed by atoms with E-state index in [1.165, 1.54) is 24.4 Å². The fraction of sp³-hybridized carbons (Fsp3) is 0.150.